The van der Waals surface area contributed by atoms with Gasteiger partial charge in [0.25, 0.3) is 5.91 Å². The molecule has 1 saturated heterocycles. The van der Waals surface area contributed by atoms with Gasteiger partial charge in [0.1, 0.15) is 17.8 Å². The number of hydrogen-bond donors (Lipinski definition) is 2. The summed E-state index contributed by atoms with van der Waals surface area (Å²) in [5.41, 5.74) is 3.25. The Morgan fingerprint density at radius 1 is 1.12 bits per heavy atom. The number of amides is 1. The Balaban J connectivity index is 1.62. The Morgan fingerprint density at radius 2 is 1.88 bits per heavy atom. The van der Waals surface area contributed by atoms with Crippen molar-refractivity contribution in [1.82, 2.24) is 14.9 Å². The first kappa shape index (κ1) is 25.6. The summed E-state index contributed by atoms with van der Waals surface area (Å²) < 4.78 is 0. The third-order valence-corrected chi connectivity index (χ3v) is 6.37. The molecule has 1 aromatic carbocycles. The van der Waals surface area contributed by atoms with Crippen molar-refractivity contribution in [3.8, 4) is 0 Å². The number of rotatable bonds is 11. The van der Waals surface area contributed by atoms with Crippen molar-refractivity contribution < 1.29 is 14.7 Å². The normalized spacial score (nSPS) is 14.7. The van der Waals surface area contributed by atoms with E-state index in [0.29, 0.717) is 18.5 Å². The highest BCUT2D eigenvalue weighted by molar-refractivity contribution is 6.03. The molecule has 2 aromatic rings. The smallest absolute Gasteiger partial charge is 0.306 e. The van der Waals surface area contributed by atoms with Crippen LogP contribution in [0.2, 0.25) is 0 Å². The number of unbranched alkanes of at least 4 members (excludes halogenated alkanes) is 1. The predicted octanol–water partition coefficient (Wildman–Crippen LogP) is 4.35. The van der Waals surface area contributed by atoms with Crippen molar-refractivity contribution in [3.63, 3.8) is 0 Å². The number of aromatic nitrogens is 2. The molecule has 2 N–H and O–H groups in total. The molecule has 8 heteroatoms. The Bertz CT molecular complexity index is 973. The lowest BCUT2D eigenvalue weighted by Crippen LogP contribution is -2.35. The minimum absolute atomic E-state index is 0.224. The molecule has 0 atom stereocenters. The third kappa shape index (κ3) is 7.00. The van der Waals surface area contributed by atoms with Gasteiger partial charge in [-0.1, -0.05) is 32.4 Å². The fourth-order valence-corrected chi connectivity index (χ4v) is 4.35. The minimum atomic E-state index is -0.689. The molecule has 34 heavy (non-hydrogen) atoms. The molecule has 0 radical (unpaired) electrons. The number of benzene rings is 1. The quantitative estimate of drug-likeness (QED) is 0.507. The average Bonchev–Trinajstić information content (AvgIpc) is 2.84. The van der Waals surface area contributed by atoms with Crippen LogP contribution in [-0.2, 0) is 11.3 Å². The lowest BCUT2D eigenvalue weighted by atomic mass is 9.96. The van der Waals surface area contributed by atoms with E-state index in [1.54, 1.807) is 6.07 Å². The van der Waals surface area contributed by atoms with E-state index in [0.717, 1.165) is 74.6 Å². The summed E-state index contributed by atoms with van der Waals surface area (Å²) in [7, 11) is 0. The van der Waals surface area contributed by atoms with Crippen molar-refractivity contribution in [3.05, 3.63) is 47.4 Å². The summed E-state index contributed by atoms with van der Waals surface area (Å²) in [6.45, 7) is 10.5. The Labute approximate surface area is 202 Å². The maximum absolute atomic E-state index is 12.9. The fourth-order valence-electron chi connectivity index (χ4n) is 4.35. The van der Waals surface area contributed by atoms with Crippen LogP contribution < -0.4 is 10.2 Å². The molecule has 1 amide bonds. The first-order valence-electron chi connectivity index (χ1n) is 12.3. The van der Waals surface area contributed by atoms with Gasteiger partial charge >= 0.3 is 5.97 Å². The third-order valence-electron chi connectivity index (χ3n) is 6.37. The number of aliphatic carboxylic acids is 1. The van der Waals surface area contributed by atoms with Crippen LogP contribution in [0.1, 0.15) is 67.6 Å². The SMILES string of the molecule is CCCCN(CCC)c1cc(C(=O)Nc2ccc(CN3CCC(C(=O)O)CC3)cc2C)ncn1. The second-order valence-electron chi connectivity index (χ2n) is 9.09. The number of carbonyl (C=O) groups is 2. The zero-order chi connectivity index (χ0) is 24.5. The summed E-state index contributed by atoms with van der Waals surface area (Å²) in [6, 6.07) is 7.80. The molecule has 0 aliphatic carbocycles. The van der Waals surface area contributed by atoms with Crippen molar-refractivity contribution in [2.24, 2.45) is 5.92 Å². The topological polar surface area (TPSA) is 98.7 Å². The number of carbonyl (C=O) groups excluding carboxylic acids is 1. The summed E-state index contributed by atoms with van der Waals surface area (Å²) in [4.78, 5) is 37.2. The van der Waals surface area contributed by atoms with Gasteiger partial charge < -0.3 is 15.3 Å². The summed E-state index contributed by atoms with van der Waals surface area (Å²) in [6.07, 6.45) is 6.04. The molecule has 0 spiro atoms. The van der Waals surface area contributed by atoms with Gasteiger partial charge in [0.05, 0.1) is 5.92 Å². The highest BCUT2D eigenvalue weighted by atomic mass is 16.4. The second kappa shape index (κ2) is 12.5. The molecule has 1 aromatic heterocycles. The number of hydrogen-bond acceptors (Lipinski definition) is 6. The van der Waals surface area contributed by atoms with Crippen LogP contribution in [-0.4, -0.2) is 58.0 Å². The van der Waals surface area contributed by atoms with Gasteiger partial charge in [-0.2, -0.15) is 0 Å². The van der Waals surface area contributed by atoms with Crippen molar-refractivity contribution in [2.45, 2.75) is 59.4 Å². The van der Waals surface area contributed by atoms with E-state index in [1.165, 1.54) is 6.33 Å². The van der Waals surface area contributed by atoms with Gasteiger partial charge in [-0.15, -0.1) is 0 Å². The van der Waals surface area contributed by atoms with Crippen LogP contribution in [0.5, 0.6) is 0 Å². The van der Waals surface area contributed by atoms with E-state index in [9.17, 15) is 14.7 Å². The van der Waals surface area contributed by atoms with Crippen LogP contribution in [0, 0.1) is 12.8 Å². The number of nitrogens with zero attached hydrogens (tertiary/aromatic N) is 4. The van der Waals surface area contributed by atoms with Gasteiger partial charge in [0.15, 0.2) is 0 Å². The molecule has 2 heterocycles. The average molecular weight is 468 g/mol. The van der Waals surface area contributed by atoms with Crippen LogP contribution in [0.25, 0.3) is 0 Å². The van der Waals surface area contributed by atoms with Crippen molar-refractivity contribution >= 4 is 23.4 Å². The minimum Gasteiger partial charge on any atom is -0.481 e. The molecular weight excluding hydrogens is 430 g/mol. The van der Waals surface area contributed by atoms with E-state index in [2.05, 4.69) is 45.0 Å². The summed E-state index contributed by atoms with van der Waals surface area (Å²) >= 11 is 0. The highest BCUT2D eigenvalue weighted by Gasteiger charge is 2.24. The maximum Gasteiger partial charge on any atom is 0.306 e. The van der Waals surface area contributed by atoms with Crippen LogP contribution in [0.3, 0.4) is 0 Å². The zero-order valence-corrected chi connectivity index (χ0v) is 20.6. The van der Waals surface area contributed by atoms with E-state index in [-0.39, 0.29) is 11.8 Å². The number of aryl methyl sites for hydroxylation is 1. The van der Waals surface area contributed by atoms with Crippen LogP contribution in [0.4, 0.5) is 11.5 Å². The lowest BCUT2D eigenvalue weighted by molar-refractivity contribution is -0.143. The van der Waals surface area contributed by atoms with Crippen molar-refractivity contribution in [1.29, 1.82) is 0 Å². The van der Waals surface area contributed by atoms with E-state index in [1.807, 2.05) is 19.1 Å². The van der Waals surface area contributed by atoms with Crippen LogP contribution >= 0.6 is 0 Å². The molecule has 184 valence electrons. The Kier molecular flexibility index (Phi) is 9.39. The molecular formula is C26H37N5O3. The number of nitrogens with one attached hydrogen (secondary N) is 1. The molecule has 8 nitrogen and oxygen atoms in total. The van der Waals surface area contributed by atoms with E-state index < -0.39 is 5.97 Å². The number of likely N-dealkylation sites (tertiary alicyclic amines) is 1. The zero-order valence-electron chi connectivity index (χ0n) is 20.6. The molecule has 1 fully saturated rings. The molecule has 1 aliphatic rings. The fraction of sp³-hybridized carbons (Fsp3) is 0.538. The summed E-state index contributed by atoms with van der Waals surface area (Å²) in [5, 5.41) is 12.2. The van der Waals surface area contributed by atoms with Gasteiger partial charge in [-0.25, -0.2) is 9.97 Å². The second-order valence-corrected chi connectivity index (χ2v) is 9.09. The molecule has 0 unspecified atom stereocenters. The van der Waals surface area contributed by atoms with E-state index >= 15 is 0 Å². The largest absolute Gasteiger partial charge is 0.481 e. The van der Waals surface area contributed by atoms with Gasteiger partial charge in [0.2, 0.25) is 0 Å². The first-order valence-corrected chi connectivity index (χ1v) is 12.3. The van der Waals surface area contributed by atoms with Gasteiger partial charge in [-0.3, -0.25) is 14.5 Å². The lowest BCUT2D eigenvalue weighted by Gasteiger charge is -2.30. The standard InChI is InChI=1S/C26H37N5O3/c1-4-6-12-31(11-5-2)24-16-23(27-18-28-24)25(32)29-22-8-7-20(15-19(22)3)17-30-13-9-21(10-14-30)26(33)34/h7-8,15-16,18,21H,4-6,9-14,17H2,1-3H3,(H,29,32)(H,33,34). The molecule has 0 bridgehead atoms. The van der Waals surface area contributed by atoms with Crippen LogP contribution in [0.15, 0.2) is 30.6 Å². The first-order chi connectivity index (χ1) is 16.4. The molecule has 3 rings (SSSR count). The monoisotopic (exact) mass is 467 g/mol. The van der Waals surface area contributed by atoms with E-state index in [4.69, 9.17) is 0 Å². The Morgan fingerprint density at radius 3 is 2.53 bits per heavy atom. The van der Waals surface area contributed by atoms with Gasteiger partial charge in [-0.05, 0) is 62.9 Å². The maximum atomic E-state index is 12.9. The molecule has 1 aliphatic heterocycles. The number of piperidine rings is 1. The highest BCUT2D eigenvalue weighted by Crippen LogP contribution is 2.22. The predicted molar refractivity (Wildman–Crippen MR) is 134 cm³/mol. The summed E-state index contributed by atoms with van der Waals surface area (Å²) in [5.74, 6) is -0.375. The molecule has 0 saturated carbocycles. The van der Waals surface area contributed by atoms with Gasteiger partial charge in [0, 0.05) is 31.4 Å². The number of carboxylic acids is 1. The Hall–Kier alpha value is -3.00. The number of carboxylic acid groups (broad SMARTS) is 1. The van der Waals surface area contributed by atoms with Crippen molar-refractivity contribution in [2.75, 3.05) is 36.4 Å². The number of anilines is 2.